The number of fused-ring (bicyclic) bond motifs is 1. The molecule has 4 nitrogen and oxygen atoms in total. The van der Waals surface area contributed by atoms with Crippen LogP contribution in [-0.2, 0) is 9.53 Å². The summed E-state index contributed by atoms with van der Waals surface area (Å²) in [5.41, 5.74) is 3.48. The molecule has 0 amide bonds. The molecular formula is C20H28O4. The third-order valence-electron chi connectivity index (χ3n) is 4.95. The largest absolute Gasteiger partial charge is 0.455 e. The highest BCUT2D eigenvalue weighted by Crippen LogP contribution is 2.34. The van der Waals surface area contributed by atoms with E-state index in [1.807, 2.05) is 19.1 Å². The van der Waals surface area contributed by atoms with Gasteiger partial charge in [0, 0.05) is 11.5 Å². The van der Waals surface area contributed by atoms with Crippen molar-refractivity contribution in [2.24, 2.45) is 5.92 Å². The summed E-state index contributed by atoms with van der Waals surface area (Å²) in [4.78, 5) is 11.9. The van der Waals surface area contributed by atoms with Gasteiger partial charge in [0.1, 0.15) is 12.2 Å². The van der Waals surface area contributed by atoms with Crippen molar-refractivity contribution in [3.8, 4) is 0 Å². The standard InChI is InChI=1S/C20H28O4/c1-13-6-4-8-14(2)18(22)19-17(15(3)20(23)24-19)11-10-16(12-21)9-5-7-13/h7-8,10,17-19,21-22H,3-6,9,11-12H2,1-2H3/b13-7-,14-8+,16-10-/t17-,18-,19-/m1/s1. The van der Waals surface area contributed by atoms with Gasteiger partial charge in [-0.2, -0.15) is 0 Å². The zero-order valence-electron chi connectivity index (χ0n) is 14.6. The Bertz CT molecular complexity index is 582. The van der Waals surface area contributed by atoms with Crippen LogP contribution in [0.1, 0.15) is 46.0 Å². The van der Waals surface area contributed by atoms with Crippen molar-refractivity contribution in [2.75, 3.05) is 6.61 Å². The van der Waals surface area contributed by atoms with Gasteiger partial charge in [0.2, 0.25) is 0 Å². The fraction of sp³-hybridized carbons (Fsp3) is 0.550. The summed E-state index contributed by atoms with van der Waals surface area (Å²) in [6, 6.07) is 0. The second-order valence-corrected chi connectivity index (χ2v) is 6.78. The molecule has 2 aliphatic rings. The fourth-order valence-corrected chi connectivity index (χ4v) is 3.24. The van der Waals surface area contributed by atoms with Crippen molar-refractivity contribution in [3.63, 3.8) is 0 Å². The van der Waals surface area contributed by atoms with Gasteiger partial charge in [0.25, 0.3) is 0 Å². The van der Waals surface area contributed by atoms with E-state index in [1.165, 1.54) is 5.57 Å². The normalized spacial score (nSPS) is 36.3. The van der Waals surface area contributed by atoms with E-state index in [1.54, 1.807) is 0 Å². The lowest BCUT2D eigenvalue weighted by atomic mass is 9.87. The predicted octanol–water partition coefficient (Wildman–Crippen LogP) is 3.22. The Morgan fingerprint density at radius 3 is 2.62 bits per heavy atom. The maximum Gasteiger partial charge on any atom is 0.334 e. The average Bonchev–Trinajstić information content (AvgIpc) is 2.84. The Labute approximate surface area is 144 Å². The van der Waals surface area contributed by atoms with Crippen molar-refractivity contribution in [3.05, 3.63) is 47.1 Å². The molecule has 1 heterocycles. The lowest BCUT2D eigenvalue weighted by Gasteiger charge is -2.23. The number of carbonyl (C=O) groups excluding carboxylic acids is 1. The van der Waals surface area contributed by atoms with E-state index in [0.717, 1.165) is 36.8 Å². The van der Waals surface area contributed by atoms with Crippen LogP contribution in [0.15, 0.2) is 47.1 Å². The van der Waals surface area contributed by atoms with Crippen LogP contribution in [0.4, 0.5) is 0 Å². The maximum absolute atomic E-state index is 11.9. The molecule has 0 saturated carbocycles. The molecular weight excluding hydrogens is 304 g/mol. The summed E-state index contributed by atoms with van der Waals surface area (Å²) < 4.78 is 5.38. The summed E-state index contributed by atoms with van der Waals surface area (Å²) in [5, 5.41) is 20.2. The molecule has 3 atom stereocenters. The number of rotatable bonds is 1. The molecule has 0 spiro atoms. The van der Waals surface area contributed by atoms with Crippen molar-refractivity contribution in [1.82, 2.24) is 0 Å². The minimum Gasteiger partial charge on any atom is -0.455 e. The van der Waals surface area contributed by atoms with E-state index >= 15 is 0 Å². The minimum absolute atomic E-state index is 0.00698. The summed E-state index contributed by atoms with van der Waals surface area (Å²) in [6.07, 6.45) is 8.78. The van der Waals surface area contributed by atoms with E-state index in [-0.39, 0.29) is 12.5 Å². The van der Waals surface area contributed by atoms with Gasteiger partial charge in [-0.3, -0.25) is 0 Å². The van der Waals surface area contributed by atoms with Crippen LogP contribution in [0.3, 0.4) is 0 Å². The van der Waals surface area contributed by atoms with E-state index in [9.17, 15) is 15.0 Å². The summed E-state index contributed by atoms with van der Waals surface area (Å²) >= 11 is 0. The van der Waals surface area contributed by atoms with E-state index in [2.05, 4.69) is 19.6 Å². The smallest absolute Gasteiger partial charge is 0.334 e. The number of aliphatic hydroxyl groups is 2. The van der Waals surface area contributed by atoms with Crippen LogP contribution in [-0.4, -0.2) is 35.0 Å². The third-order valence-corrected chi connectivity index (χ3v) is 4.95. The highest BCUT2D eigenvalue weighted by molar-refractivity contribution is 5.91. The van der Waals surface area contributed by atoms with Gasteiger partial charge in [-0.1, -0.05) is 30.4 Å². The lowest BCUT2D eigenvalue weighted by molar-refractivity contribution is -0.142. The van der Waals surface area contributed by atoms with Crippen molar-refractivity contribution in [1.29, 1.82) is 0 Å². The number of hydrogen-bond donors (Lipinski definition) is 2. The first-order valence-corrected chi connectivity index (χ1v) is 8.63. The molecule has 0 unspecified atom stereocenters. The predicted molar refractivity (Wildman–Crippen MR) is 94.3 cm³/mol. The van der Waals surface area contributed by atoms with Gasteiger partial charge in [0.15, 0.2) is 0 Å². The van der Waals surface area contributed by atoms with E-state index in [0.29, 0.717) is 12.0 Å². The molecule has 0 radical (unpaired) electrons. The van der Waals surface area contributed by atoms with Gasteiger partial charge in [-0.15, -0.1) is 0 Å². The molecule has 1 aliphatic carbocycles. The number of allylic oxidation sites excluding steroid dienone is 4. The molecule has 2 N–H and O–H groups in total. The Hall–Kier alpha value is -1.65. The highest BCUT2D eigenvalue weighted by atomic mass is 16.6. The minimum atomic E-state index is -0.823. The average molecular weight is 332 g/mol. The van der Waals surface area contributed by atoms with Gasteiger partial charge >= 0.3 is 5.97 Å². The zero-order chi connectivity index (χ0) is 17.7. The number of esters is 1. The molecule has 0 aromatic carbocycles. The van der Waals surface area contributed by atoms with Crippen LogP contribution in [0.2, 0.25) is 0 Å². The van der Waals surface area contributed by atoms with Crippen LogP contribution in [0.25, 0.3) is 0 Å². The monoisotopic (exact) mass is 332 g/mol. The number of aliphatic hydroxyl groups excluding tert-OH is 2. The maximum atomic E-state index is 11.9. The highest BCUT2D eigenvalue weighted by Gasteiger charge is 2.42. The van der Waals surface area contributed by atoms with Crippen LogP contribution < -0.4 is 0 Å². The quantitative estimate of drug-likeness (QED) is 0.439. The van der Waals surface area contributed by atoms with Gasteiger partial charge in [-0.25, -0.2) is 4.79 Å². The first-order chi connectivity index (χ1) is 11.4. The van der Waals surface area contributed by atoms with Crippen LogP contribution in [0, 0.1) is 5.92 Å². The third kappa shape index (κ3) is 4.46. The number of ether oxygens (including phenoxy) is 1. The molecule has 132 valence electrons. The first-order valence-electron chi connectivity index (χ1n) is 8.63. The van der Waals surface area contributed by atoms with Gasteiger partial charge in [-0.05, 0) is 57.1 Å². The summed E-state index contributed by atoms with van der Waals surface area (Å²) in [6.45, 7) is 7.82. The first kappa shape index (κ1) is 18.7. The molecule has 1 fully saturated rings. The number of hydrogen-bond acceptors (Lipinski definition) is 4. The second-order valence-electron chi connectivity index (χ2n) is 6.78. The lowest BCUT2D eigenvalue weighted by Crippen LogP contribution is -2.32. The summed E-state index contributed by atoms with van der Waals surface area (Å²) in [5.74, 6) is -0.685. The Kier molecular flexibility index (Phi) is 6.58. The van der Waals surface area contributed by atoms with Gasteiger partial charge < -0.3 is 14.9 Å². The SMILES string of the molecule is C=C1C(=O)O[C@@H]2[C@@H]1C/C=C(\CO)CC/C=C(/C)CC/C=C(\C)[C@H]2O. The topological polar surface area (TPSA) is 66.8 Å². The molecule has 0 aromatic heterocycles. The second kappa shape index (κ2) is 8.45. The molecule has 1 saturated heterocycles. The molecule has 4 heteroatoms. The van der Waals surface area contributed by atoms with Crippen molar-refractivity contribution in [2.45, 2.75) is 58.2 Å². The Morgan fingerprint density at radius 2 is 1.92 bits per heavy atom. The molecule has 1 aliphatic heterocycles. The Morgan fingerprint density at radius 1 is 1.21 bits per heavy atom. The van der Waals surface area contributed by atoms with Crippen molar-refractivity contribution >= 4 is 5.97 Å². The fourth-order valence-electron chi connectivity index (χ4n) is 3.24. The van der Waals surface area contributed by atoms with Crippen molar-refractivity contribution < 1.29 is 19.7 Å². The molecule has 24 heavy (non-hydrogen) atoms. The van der Waals surface area contributed by atoms with E-state index < -0.39 is 18.2 Å². The molecule has 0 bridgehead atoms. The summed E-state index contributed by atoms with van der Waals surface area (Å²) in [7, 11) is 0. The van der Waals surface area contributed by atoms with Gasteiger partial charge in [0.05, 0.1) is 6.61 Å². The van der Waals surface area contributed by atoms with Crippen LogP contribution >= 0.6 is 0 Å². The Balaban J connectivity index is 2.30. The zero-order valence-corrected chi connectivity index (χ0v) is 14.6. The molecule has 2 rings (SSSR count). The number of carbonyl (C=O) groups is 1. The molecule has 0 aromatic rings. The van der Waals surface area contributed by atoms with E-state index in [4.69, 9.17) is 4.74 Å². The van der Waals surface area contributed by atoms with Crippen LogP contribution in [0.5, 0.6) is 0 Å².